The first-order valence-electron chi connectivity index (χ1n) is 9.88. The van der Waals surface area contributed by atoms with E-state index in [1.807, 2.05) is 7.05 Å². The summed E-state index contributed by atoms with van der Waals surface area (Å²) in [5, 5.41) is 11.8. The van der Waals surface area contributed by atoms with Crippen molar-refractivity contribution in [3.8, 4) is 0 Å². The van der Waals surface area contributed by atoms with Gasteiger partial charge in [-0.2, -0.15) is 6.92 Å². The van der Waals surface area contributed by atoms with Crippen molar-refractivity contribution < 1.29 is 35.9 Å². The van der Waals surface area contributed by atoms with Gasteiger partial charge in [0.25, 0.3) is 0 Å². The van der Waals surface area contributed by atoms with Gasteiger partial charge in [-0.05, 0) is 43.0 Å². The van der Waals surface area contributed by atoms with Crippen LogP contribution in [0.3, 0.4) is 0 Å². The molecule has 0 amide bonds. The minimum Gasteiger partial charge on any atom is -0.376 e. The van der Waals surface area contributed by atoms with E-state index in [1.54, 1.807) is 17.9 Å². The Morgan fingerprint density at radius 3 is 2.57 bits per heavy atom. The number of hydrogen-bond donors (Lipinski definition) is 1. The molecule has 1 aliphatic heterocycles. The van der Waals surface area contributed by atoms with E-state index in [-0.39, 0.29) is 31.1 Å². The Labute approximate surface area is 201 Å². The second kappa shape index (κ2) is 12.1. The van der Waals surface area contributed by atoms with Crippen LogP contribution in [0.25, 0.3) is 11.0 Å². The van der Waals surface area contributed by atoms with Gasteiger partial charge >= 0.3 is 31.1 Å². The molecule has 0 spiro atoms. The Balaban J connectivity index is 0.00000104. The molecule has 2 aromatic heterocycles. The van der Waals surface area contributed by atoms with Crippen molar-refractivity contribution in [3.05, 3.63) is 48.6 Å². The van der Waals surface area contributed by atoms with Crippen molar-refractivity contribution in [2.24, 2.45) is 13.0 Å². The molecule has 0 bridgehead atoms. The smallest absolute Gasteiger partial charge is 0.376 e. The Morgan fingerprint density at radius 1 is 1.20 bits per heavy atom. The van der Waals surface area contributed by atoms with Gasteiger partial charge in [-0.25, -0.2) is 4.68 Å². The number of aryl methyl sites for hydroxylation is 1. The molecule has 1 fully saturated rings. The predicted molar refractivity (Wildman–Crippen MR) is 113 cm³/mol. The van der Waals surface area contributed by atoms with Crippen LogP contribution in [0.2, 0.25) is 0 Å². The van der Waals surface area contributed by atoms with Gasteiger partial charge in [-0.15, -0.1) is 10.7 Å². The van der Waals surface area contributed by atoms with Crippen LogP contribution in [-0.4, -0.2) is 50.9 Å². The maximum atomic E-state index is 10.6. The van der Waals surface area contributed by atoms with Gasteiger partial charge in [-0.1, -0.05) is 23.7 Å². The van der Waals surface area contributed by atoms with E-state index < -0.39 is 0 Å². The molecule has 3 heterocycles. The van der Waals surface area contributed by atoms with E-state index in [9.17, 15) is 4.79 Å². The molecule has 1 aromatic carbocycles. The molecule has 3 aromatic rings. The van der Waals surface area contributed by atoms with Crippen molar-refractivity contribution in [1.82, 2.24) is 30.3 Å². The monoisotopic (exact) mass is 631 g/mol. The van der Waals surface area contributed by atoms with Gasteiger partial charge in [0.1, 0.15) is 5.52 Å². The van der Waals surface area contributed by atoms with Crippen LogP contribution in [0.1, 0.15) is 30.9 Å². The zero-order valence-electron chi connectivity index (χ0n) is 17.5. The number of aromatic nitrogens is 5. The molecule has 0 saturated carbocycles. The predicted octanol–water partition coefficient (Wildman–Crippen LogP) is 2.06. The van der Waals surface area contributed by atoms with Crippen LogP contribution in [0.15, 0.2) is 30.6 Å². The summed E-state index contributed by atoms with van der Waals surface area (Å²) in [6, 6.07) is 6.28. The molecule has 156 valence electrons. The first-order chi connectivity index (χ1) is 14.2. The summed E-state index contributed by atoms with van der Waals surface area (Å²) in [5.41, 5.74) is 3.59. The number of fused-ring (bicyclic) bond motifs is 1. The fourth-order valence-electron chi connectivity index (χ4n) is 3.49. The third-order valence-corrected chi connectivity index (χ3v) is 5.09. The molecule has 30 heavy (non-hydrogen) atoms. The third-order valence-electron chi connectivity index (χ3n) is 5.09. The second-order valence-corrected chi connectivity index (χ2v) is 6.97. The standard InChI is InChI=1S/C19H22N7O.C2H5.U/c1-25-18-3-2-15(8-17(18)23-24-25)10-20-9-14-4-6-26(7-5-14)19-21-11-16(13-27)12-22-19;1-2;/h2-3,8,11-12,14,20H,4-7,9-10H2,1H3;1H2,2H3;/q2*-1;+2. The van der Waals surface area contributed by atoms with E-state index >= 15 is 0 Å². The van der Waals surface area contributed by atoms with E-state index in [4.69, 9.17) is 0 Å². The summed E-state index contributed by atoms with van der Waals surface area (Å²) in [6.45, 7) is 8.69. The van der Waals surface area contributed by atoms with Crippen LogP contribution in [0, 0.1) is 44.0 Å². The third kappa shape index (κ3) is 6.10. The first kappa shape index (κ1) is 24.5. The molecule has 0 radical (unpaired) electrons. The van der Waals surface area contributed by atoms with Gasteiger partial charge in [-0.3, -0.25) is 9.97 Å². The summed E-state index contributed by atoms with van der Waals surface area (Å²) in [5.74, 6) is 1.33. The molecule has 8 nitrogen and oxygen atoms in total. The fraction of sp³-hybridized carbons (Fsp3) is 0.429. The van der Waals surface area contributed by atoms with Crippen LogP contribution < -0.4 is 10.2 Å². The van der Waals surface area contributed by atoms with Crippen molar-refractivity contribution >= 4 is 23.3 Å². The van der Waals surface area contributed by atoms with E-state index in [0.29, 0.717) is 17.4 Å². The van der Waals surface area contributed by atoms with Gasteiger partial charge in [0, 0.05) is 26.7 Å². The number of nitrogens with one attached hydrogen (secondary N) is 1. The van der Waals surface area contributed by atoms with Crippen molar-refractivity contribution in [2.45, 2.75) is 26.3 Å². The second-order valence-electron chi connectivity index (χ2n) is 6.97. The SMILES string of the molecule is Cn1nnc2cc(CNCC3CCN(c4ncc([C-]=O)cn4)CC3)ccc21.[CH2-]C.[U+2]. The fourth-order valence-corrected chi connectivity index (χ4v) is 3.49. The Hall–Kier alpha value is -1.82. The molecular weight excluding hydrogens is 604 g/mol. The summed E-state index contributed by atoms with van der Waals surface area (Å²) < 4.78 is 1.79. The Kier molecular flexibility index (Phi) is 9.89. The normalized spacial score (nSPS) is 14.0. The quantitative estimate of drug-likeness (QED) is 0.417. The number of benzene rings is 1. The van der Waals surface area contributed by atoms with Crippen LogP contribution >= 0.6 is 0 Å². The van der Waals surface area contributed by atoms with E-state index in [0.717, 1.165) is 50.1 Å². The number of piperidine rings is 1. The number of nitrogens with zero attached hydrogens (tertiary/aromatic N) is 6. The van der Waals surface area contributed by atoms with Gasteiger partial charge < -0.3 is 21.9 Å². The molecule has 4 rings (SSSR count). The van der Waals surface area contributed by atoms with E-state index in [1.165, 1.54) is 18.0 Å². The van der Waals surface area contributed by atoms with Gasteiger partial charge in [0.15, 0.2) is 5.95 Å². The largest absolute Gasteiger partial charge is 2.00 e. The van der Waals surface area contributed by atoms with Crippen molar-refractivity contribution in [2.75, 3.05) is 24.5 Å². The number of carbonyl (C=O) groups excluding carboxylic acids is 1. The molecule has 1 aliphatic rings. The topological polar surface area (TPSA) is 88.8 Å². The van der Waals surface area contributed by atoms with Gasteiger partial charge in [0.2, 0.25) is 0 Å². The summed E-state index contributed by atoms with van der Waals surface area (Å²) in [6.07, 6.45) is 7.05. The summed E-state index contributed by atoms with van der Waals surface area (Å²) in [4.78, 5) is 21.2. The Bertz CT molecular complexity index is 921. The zero-order chi connectivity index (χ0) is 20.6. The van der Waals surface area contributed by atoms with Crippen LogP contribution in [0.4, 0.5) is 5.95 Å². The number of anilines is 1. The Morgan fingerprint density at radius 2 is 1.90 bits per heavy atom. The molecule has 0 aliphatic carbocycles. The molecule has 1 N–H and O–H groups in total. The number of hydrogen-bond acceptors (Lipinski definition) is 7. The minimum absolute atomic E-state index is 0. The minimum atomic E-state index is 0. The first-order valence-corrected chi connectivity index (χ1v) is 9.88. The maximum Gasteiger partial charge on any atom is 2.00 e. The average molecular weight is 632 g/mol. The molecule has 1 saturated heterocycles. The summed E-state index contributed by atoms with van der Waals surface area (Å²) in [7, 11) is 1.90. The molecule has 9 heteroatoms. The average Bonchev–Trinajstić information content (AvgIpc) is 3.16. The maximum absolute atomic E-state index is 10.6. The molecule has 0 unspecified atom stereocenters. The van der Waals surface area contributed by atoms with Crippen molar-refractivity contribution in [1.29, 1.82) is 0 Å². The van der Waals surface area contributed by atoms with Crippen molar-refractivity contribution in [3.63, 3.8) is 0 Å². The molecule has 0 atom stereocenters. The summed E-state index contributed by atoms with van der Waals surface area (Å²) >= 11 is 0. The van der Waals surface area contributed by atoms with Crippen LogP contribution in [0.5, 0.6) is 0 Å². The zero-order valence-corrected chi connectivity index (χ0v) is 21.7. The van der Waals surface area contributed by atoms with E-state index in [2.05, 4.69) is 55.6 Å². The molecular formula is C21H27N7OU. The van der Waals surface area contributed by atoms with Crippen LogP contribution in [-0.2, 0) is 18.4 Å². The van der Waals surface area contributed by atoms with Gasteiger partial charge in [0.05, 0.1) is 11.8 Å². The number of rotatable bonds is 6.